The molecule has 4 N–H and O–H groups in total. The van der Waals surface area contributed by atoms with Gasteiger partial charge in [-0.1, -0.05) is 0 Å². The standard InChI is InChI=1S/C8H10N4O5/c13-6(14)2-1-4(8(16)17)10-7(15)5-3-9-12-11-5/h3-4H,1-2H2,(H,10,15)(H,13,14)(H,16,17)(H,9,11,12)/t4-/m0/s1. The molecule has 0 spiro atoms. The summed E-state index contributed by atoms with van der Waals surface area (Å²) >= 11 is 0. The Morgan fingerprint density at radius 1 is 1.41 bits per heavy atom. The van der Waals surface area contributed by atoms with E-state index in [0.29, 0.717) is 0 Å². The van der Waals surface area contributed by atoms with Gasteiger partial charge in [0.2, 0.25) is 0 Å². The maximum absolute atomic E-state index is 11.4. The number of amides is 1. The fourth-order valence-electron chi connectivity index (χ4n) is 1.07. The molecule has 1 rings (SSSR count). The number of carbonyl (C=O) groups excluding carboxylic acids is 1. The van der Waals surface area contributed by atoms with Crippen molar-refractivity contribution in [3.8, 4) is 0 Å². The minimum atomic E-state index is -1.30. The van der Waals surface area contributed by atoms with Crippen LogP contribution in [-0.4, -0.2) is 49.5 Å². The number of carbonyl (C=O) groups is 3. The highest BCUT2D eigenvalue weighted by Gasteiger charge is 2.22. The molecule has 1 heterocycles. The van der Waals surface area contributed by atoms with Crippen LogP contribution in [0.1, 0.15) is 23.3 Å². The number of nitrogens with zero attached hydrogens (tertiary/aromatic N) is 2. The average molecular weight is 242 g/mol. The summed E-state index contributed by atoms with van der Waals surface area (Å²) in [4.78, 5) is 32.5. The van der Waals surface area contributed by atoms with Crippen molar-refractivity contribution in [1.82, 2.24) is 20.7 Å². The van der Waals surface area contributed by atoms with E-state index in [0.717, 1.165) is 6.20 Å². The Labute approximate surface area is 94.8 Å². The molecule has 9 nitrogen and oxygen atoms in total. The molecule has 0 aromatic carbocycles. The fraction of sp³-hybridized carbons (Fsp3) is 0.375. The first-order chi connectivity index (χ1) is 8.00. The minimum Gasteiger partial charge on any atom is -0.481 e. The van der Waals surface area contributed by atoms with Gasteiger partial charge in [-0.3, -0.25) is 9.59 Å². The van der Waals surface area contributed by atoms with E-state index in [4.69, 9.17) is 10.2 Å². The van der Waals surface area contributed by atoms with Gasteiger partial charge in [0.05, 0.1) is 6.20 Å². The molecule has 1 aromatic heterocycles. The summed E-state index contributed by atoms with van der Waals surface area (Å²) in [6.45, 7) is 0. The third-order valence-corrected chi connectivity index (χ3v) is 1.90. The summed E-state index contributed by atoms with van der Waals surface area (Å²) in [6, 6.07) is -1.27. The molecule has 1 aromatic rings. The summed E-state index contributed by atoms with van der Waals surface area (Å²) in [5, 5.41) is 28.4. The van der Waals surface area contributed by atoms with Crippen molar-refractivity contribution >= 4 is 17.8 Å². The molecule has 0 radical (unpaired) electrons. The van der Waals surface area contributed by atoms with Crippen LogP contribution in [0, 0.1) is 0 Å². The molecule has 1 amide bonds. The number of H-pyrrole nitrogens is 1. The molecule has 0 aliphatic heterocycles. The van der Waals surface area contributed by atoms with Crippen molar-refractivity contribution in [3.63, 3.8) is 0 Å². The van der Waals surface area contributed by atoms with Crippen LogP contribution < -0.4 is 5.32 Å². The van der Waals surface area contributed by atoms with Crippen LogP contribution in [-0.2, 0) is 9.59 Å². The van der Waals surface area contributed by atoms with Crippen LogP contribution in [0.15, 0.2) is 6.20 Å². The number of hydrogen-bond donors (Lipinski definition) is 4. The van der Waals surface area contributed by atoms with Gasteiger partial charge >= 0.3 is 11.9 Å². The third-order valence-electron chi connectivity index (χ3n) is 1.90. The Morgan fingerprint density at radius 2 is 2.12 bits per heavy atom. The maximum atomic E-state index is 11.4. The van der Waals surface area contributed by atoms with Crippen LogP contribution >= 0.6 is 0 Å². The van der Waals surface area contributed by atoms with E-state index >= 15 is 0 Å². The molecule has 0 aliphatic rings. The van der Waals surface area contributed by atoms with E-state index in [1.165, 1.54) is 0 Å². The quantitative estimate of drug-likeness (QED) is 0.492. The normalized spacial score (nSPS) is 11.8. The number of hydrogen-bond acceptors (Lipinski definition) is 5. The number of carboxylic acid groups (broad SMARTS) is 2. The monoisotopic (exact) mass is 242 g/mol. The van der Waals surface area contributed by atoms with Crippen molar-refractivity contribution in [3.05, 3.63) is 11.9 Å². The average Bonchev–Trinajstić information content (AvgIpc) is 2.76. The first kappa shape index (κ1) is 12.6. The SMILES string of the molecule is O=C(O)CC[C@H](NC(=O)c1cn[nH]n1)C(=O)O. The minimum absolute atomic E-state index is 0.0634. The fourth-order valence-corrected chi connectivity index (χ4v) is 1.07. The van der Waals surface area contributed by atoms with Crippen LogP contribution in [0.25, 0.3) is 0 Å². The van der Waals surface area contributed by atoms with Gasteiger partial charge in [-0.25, -0.2) is 4.79 Å². The van der Waals surface area contributed by atoms with Gasteiger partial charge in [-0.15, -0.1) is 0 Å². The van der Waals surface area contributed by atoms with E-state index in [1.54, 1.807) is 0 Å². The van der Waals surface area contributed by atoms with Crippen molar-refractivity contribution < 1.29 is 24.6 Å². The molecule has 0 saturated heterocycles. The van der Waals surface area contributed by atoms with Crippen LogP contribution in [0.4, 0.5) is 0 Å². The van der Waals surface area contributed by atoms with E-state index in [1.807, 2.05) is 0 Å². The van der Waals surface area contributed by atoms with Crippen LogP contribution in [0.2, 0.25) is 0 Å². The van der Waals surface area contributed by atoms with Gasteiger partial charge in [-0.2, -0.15) is 15.4 Å². The maximum Gasteiger partial charge on any atom is 0.326 e. The zero-order valence-corrected chi connectivity index (χ0v) is 8.58. The smallest absolute Gasteiger partial charge is 0.326 e. The first-order valence-electron chi connectivity index (χ1n) is 4.62. The molecule has 0 fully saturated rings. The Morgan fingerprint density at radius 3 is 2.59 bits per heavy atom. The van der Waals surface area contributed by atoms with Gasteiger partial charge in [0.1, 0.15) is 6.04 Å². The highest BCUT2D eigenvalue weighted by atomic mass is 16.4. The molecule has 92 valence electrons. The highest BCUT2D eigenvalue weighted by Crippen LogP contribution is 2.00. The molecular formula is C8H10N4O5. The summed E-state index contributed by atoms with van der Waals surface area (Å²) in [7, 11) is 0. The van der Waals surface area contributed by atoms with Crippen LogP contribution in [0.5, 0.6) is 0 Å². The second-order valence-corrected chi connectivity index (χ2v) is 3.15. The predicted molar refractivity (Wildman–Crippen MR) is 52.1 cm³/mol. The number of nitrogens with one attached hydrogen (secondary N) is 2. The Kier molecular flexibility index (Phi) is 4.14. The number of rotatable bonds is 6. The van der Waals surface area contributed by atoms with Crippen molar-refractivity contribution in [2.24, 2.45) is 0 Å². The lowest BCUT2D eigenvalue weighted by Gasteiger charge is -2.11. The van der Waals surface area contributed by atoms with Gasteiger partial charge in [0, 0.05) is 6.42 Å². The summed E-state index contributed by atoms with van der Waals surface area (Å²) in [6.07, 6.45) is 0.579. The molecule has 0 unspecified atom stereocenters. The Balaban J connectivity index is 2.58. The summed E-state index contributed by atoms with van der Waals surface area (Å²) < 4.78 is 0. The first-order valence-corrected chi connectivity index (χ1v) is 4.62. The van der Waals surface area contributed by atoms with Gasteiger partial charge in [0.25, 0.3) is 5.91 Å². The lowest BCUT2D eigenvalue weighted by molar-refractivity contribution is -0.140. The topological polar surface area (TPSA) is 145 Å². The van der Waals surface area contributed by atoms with Crippen LogP contribution in [0.3, 0.4) is 0 Å². The zero-order chi connectivity index (χ0) is 12.8. The van der Waals surface area contributed by atoms with Gasteiger partial charge in [-0.05, 0) is 6.42 Å². The predicted octanol–water partition coefficient (Wildman–Crippen LogP) is -1.15. The number of aromatic nitrogens is 3. The van der Waals surface area contributed by atoms with Crippen molar-refractivity contribution in [2.75, 3.05) is 0 Å². The molecule has 17 heavy (non-hydrogen) atoms. The molecular weight excluding hydrogens is 232 g/mol. The van der Waals surface area contributed by atoms with E-state index in [9.17, 15) is 14.4 Å². The van der Waals surface area contributed by atoms with Gasteiger partial charge in [0.15, 0.2) is 5.69 Å². The van der Waals surface area contributed by atoms with Gasteiger partial charge < -0.3 is 15.5 Å². The highest BCUT2D eigenvalue weighted by molar-refractivity contribution is 5.94. The summed E-state index contributed by atoms with van der Waals surface area (Å²) in [5.74, 6) is -3.16. The van der Waals surface area contributed by atoms with E-state index in [-0.39, 0.29) is 18.5 Å². The molecule has 0 saturated carbocycles. The number of aromatic amines is 1. The van der Waals surface area contributed by atoms with Crippen molar-refractivity contribution in [2.45, 2.75) is 18.9 Å². The Bertz CT molecular complexity index is 416. The lowest BCUT2D eigenvalue weighted by Crippen LogP contribution is -2.41. The third kappa shape index (κ3) is 3.89. The molecule has 9 heteroatoms. The number of carboxylic acids is 2. The molecule has 0 bridgehead atoms. The van der Waals surface area contributed by atoms with Crippen molar-refractivity contribution in [1.29, 1.82) is 0 Å². The Hall–Kier alpha value is -2.45. The van der Waals surface area contributed by atoms with E-state index < -0.39 is 23.9 Å². The second kappa shape index (κ2) is 5.58. The largest absolute Gasteiger partial charge is 0.481 e. The summed E-state index contributed by atoms with van der Waals surface area (Å²) in [5.41, 5.74) is -0.0634. The number of aliphatic carboxylic acids is 2. The van der Waals surface area contributed by atoms with E-state index in [2.05, 4.69) is 20.7 Å². The molecule has 0 aliphatic carbocycles. The lowest BCUT2D eigenvalue weighted by atomic mass is 10.1. The molecule has 1 atom stereocenters. The second-order valence-electron chi connectivity index (χ2n) is 3.15. The zero-order valence-electron chi connectivity index (χ0n) is 8.58.